The van der Waals surface area contributed by atoms with Gasteiger partial charge in [0.1, 0.15) is 0 Å². The van der Waals surface area contributed by atoms with Crippen molar-refractivity contribution in [1.82, 2.24) is 10.3 Å². The van der Waals surface area contributed by atoms with Crippen molar-refractivity contribution < 1.29 is 9.59 Å². The number of rotatable bonds is 4. The Hall–Kier alpha value is -3.65. The number of carbonyl (C=O) groups excluding carboxylic acids is 2. The predicted molar refractivity (Wildman–Crippen MR) is 97.3 cm³/mol. The van der Waals surface area contributed by atoms with Gasteiger partial charge < -0.3 is 10.6 Å². The zero-order chi connectivity index (χ0) is 17.6. The highest BCUT2D eigenvalue weighted by Crippen LogP contribution is 2.20. The number of hydrogen-bond donors (Lipinski definition) is 2. The van der Waals surface area contributed by atoms with Gasteiger partial charge >= 0.3 is 0 Å². The second-order valence-corrected chi connectivity index (χ2v) is 5.27. The first-order valence-corrected chi connectivity index (χ1v) is 7.66. The van der Waals surface area contributed by atoms with Crippen LogP contribution in [0.2, 0.25) is 0 Å². The van der Waals surface area contributed by atoms with E-state index >= 15 is 0 Å². The average Bonchev–Trinajstić information content (AvgIpc) is 2.66. The number of aromatic nitrogens is 1. The number of amides is 2. The van der Waals surface area contributed by atoms with Crippen LogP contribution in [-0.2, 0) is 0 Å². The SMILES string of the molecule is C#CCNC(=O)c1ccccc1NC(=O)c1cccc2cccnc12. The zero-order valence-corrected chi connectivity index (χ0v) is 13.3. The summed E-state index contributed by atoms with van der Waals surface area (Å²) in [4.78, 5) is 29.2. The minimum absolute atomic E-state index is 0.119. The topological polar surface area (TPSA) is 71.1 Å². The van der Waals surface area contributed by atoms with E-state index in [0.29, 0.717) is 22.3 Å². The van der Waals surface area contributed by atoms with Crippen LogP contribution < -0.4 is 10.6 Å². The molecule has 0 aliphatic rings. The summed E-state index contributed by atoms with van der Waals surface area (Å²) in [6.45, 7) is 0.119. The quantitative estimate of drug-likeness (QED) is 0.723. The molecule has 0 fully saturated rings. The Bertz CT molecular complexity index is 984. The predicted octanol–water partition coefficient (Wildman–Crippen LogP) is 2.85. The van der Waals surface area contributed by atoms with Crippen LogP contribution in [0.5, 0.6) is 0 Å². The minimum atomic E-state index is -0.343. The van der Waals surface area contributed by atoms with Crippen LogP contribution in [0.4, 0.5) is 5.69 Å². The second-order valence-electron chi connectivity index (χ2n) is 5.27. The van der Waals surface area contributed by atoms with E-state index in [1.54, 1.807) is 42.6 Å². The maximum atomic E-state index is 12.7. The molecule has 0 saturated heterocycles. The number of carbonyl (C=O) groups is 2. The van der Waals surface area contributed by atoms with Gasteiger partial charge in [-0.1, -0.05) is 36.3 Å². The lowest BCUT2D eigenvalue weighted by Crippen LogP contribution is -2.25. The highest BCUT2D eigenvalue weighted by molar-refractivity contribution is 6.14. The molecule has 2 N–H and O–H groups in total. The Morgan fingerprint density at radius 3 is 2.56 bits per heavy atom. The second kappa shape index (κ2) is 7.28. The highest BCUT2D eigenvalue weighted by Gasteiger charge is 2.15. The zero-order valence-electron chi connectivity index (χ0n) is 13.3. The number of nitrogens with zero attached hydrogens (tertiary/aromatic N) is 1. The highest BCUT2D eigenvalue weighted by atomic mass is 16.2. The summed E-state index contributed by atoms with van der Waals surface area (Å²) < 4.78 is 0. The lowest BCUT2D eigenvalue weighted by atomic mass is 10.1. The first-order chi connectivity index (χ1) is 12.2. The van der Waals surface area contributed by atoms with Crippen LogP contribution in [0, 0.1) is 12.3 Å². The summed E-state index contributed by atoms with van der Waals surface area (Å²) in [7, 11) is 0. The van der Waals surface area contributed by atoms with E-state index in [4.69, 9.17) is 6.42 Å². The molecule has 0 radical (unpaired) electrons. The Kier molecular flexibility index (Phi) is 4.72. The molecule has 5 heteroatoms. The summed E-state index contributed by atoms with van der Waals surface area (Å²) >= 11 is 0. The van der Waals surface area contributed by atoms with Crippen molar-refractivity contribution >= 4 is 28.4 Å². The third kappa shape index (κ3) is 3.48. The fourth-order valence-electron chi connectivity index (χ4n) is 2.49. The number of nitrogens with one attached hydrogen (secondary N) is 2. The van der Waals surface area contributed by atoms with E-state index in [1.165, 1.54) is 0 Å². The molecular formula is C20H15N3O2. The van der Waals surface area contributed by atoms with Gasteiger partial charge in [-0.15, -0.1) is 6.42 Å². The largest absolute Gasteiger partial charge is 0.341 e. The number of terminal acetylenes is 1. The molecule has 0 aliphatic carbocycles. The van der Waals surface area contributed by atoms with Gasteiger partial charge in [-0.05, 0) is 24.3 Å². The van der Waals surface area contributed by atoms with Crippen molar-refractivity contribution in [3.8, 4) is 12.3 Å². The van der Waals surface area contributed by atoms with Crippen LogP contribution in [0.25, 0.3) is 10.9 Å². The molecule has 0 saturated carbocycles. The molecule has 2 aromatic carbocycles. The third-order valence-electron chi connectivity index (χ3n) is 3.65. The van der Waals surface area contributed by atoms with Crippen LogP contribution >= 0.6 is 0 Å². The number of pyridine rings is 1. The maximum absolute atomic E-state index is 12.7. The fraction of sp³-hybridized carbons (Fsp3) is 0.0500. The van der Waals surface area contributed by atoms with E-state index in [9.17, 15) is 9.59 Å². The van der Waals surface area contributed by atoms with Gasteiger partial charge in [-0.25, -0.2) is 0 Å². The van der Waals surface area contributed by atoms with Crippen molar-refractivity contribution in [3.05, 3.63) is 71.9 Å². The number of benzene rings is 2. The molecule has 3 rings (SSSR count). The average molecular weight is 329 g/mol. The maximum Gasteiger partial charge on any atom is 0.257 e. The Morgan fingerprint density at radius 1 is 0.960 bits per heavy atom. The van der Waals surface area contributed by atoms with Gasteiger partial charge in [0.25, 0.3) is 11.8 Å². The van der Waals surface area contributed by atoms with Crippen LogP contribution in [0.3, 0.4) is 0 Å². The van der Waals surface area contributed by atoms with Crippen molar-refractivity contribution in [2.75, 3.05) is 11.9 Å². The first-order valence-electron chi connectivity index (χ1n) is 7.66. The van der Waals surface area contributed by atoms with E-state index in [0.717, 1.165) is 5.39 Å². The van der Waals surface area contributed by atoms with E-state index in [2.05, 4.69) is 21.5 Å². The van der Waals surface area contributed by atoms with Crippen molar-refractivity contribution in [1.29, 1.82) is 0 Å². The van der Waals surface area contributed by atoms with Crippen LogP contribution in [-0.4, -0.2) is 23.3 Å². The Balaban J connectivity index is 1.91. The van der Waals surface area contributed by atoms with Crippen LogP contribution in [0.1, 0.15) is 20.7 Å². The number of anilines is 1. The monoisotopic (exact) mass is 329 g/mol. The molecule has 0 atom stereocenters. The Labute approximate surface area is 145 Å². The molecule has 1 heterocycles. The molecular weight excluding hydrogens is 314 g/mol. The fourth-order valence-corrected chi connectivity index (χ4v) is 2.49. The minimum Gasteiger partial charge on any atom is -0.341 e. The summed E-state index contributed by atoms with van der Waals surface area (Å²) in [5, 5.41) is 6.25. The summed E-state index contributed by atoms with van der Waals surface area (Å²) in [5.74, 6) is 1.67. The van der Waals surface area contributed by atoms with Gasteiger partial charge in [0.2, 0.25) is 0 Å². The molecule has 2 amide bonds. The van der Waals surface area contributed by atoms with Gasteiger partial charge in [-0.3, -0.25) is 14.6 Å². The molecule has 0 bridgehead atoms. The van der Waals surface area contributed by atoms with E-state index in [1.807, 2.05) is 18.2 Å². The molecule has 3 aromatic rings. The van der Waals surface area contributed by atoms with Crippen LogP contribution in [0.15, 0.2) is 60.8 Å². The van der Waals surface area contributed by atoms with E-state index < -0.39 is 0 Å². The van der Waals surface area contributed by atoms with Gasteiger partial charge in [0, 0.05) is 11.6 Å². The van der Waals surface area contributed by atoms with Gasteiger partial charge in [-0.2, -0.15) is 0 Å². The lowest BCUT2D eigenvalue weighted by molar-refractivity contribution is 0.0959. The number of para-hydroxylation sites is 2. The van der Waals surface area contributed by atoms with Crippen molar-refractivity contribution in [2.45, 2.75) is 0 Å². The Morgan fingerprint density at radius 2 is 1.72 bits per heavy atom. The van der Waals surface area contributed by atoms with Gasteiger partial charge in [0.15, 0.2) is 0 Å². The molecule has 25 heavy (non-hydrogen) atoms. The van der Waals surface area contributed by atoms with Crippen molar-refractivity contribution in [2.24, 2.45) is 0 Å². The van der Waals surface area contributed by atoms with Gasteiger partial charge in [0.05, 0.1) is 28.9 Å². The lowest BCUT2D eigenvalue weighted by Gasteiger charge is -2.11. The summed E-state index contributed by atoms with van der Waals surface area (Å²) in [6.07, 6.45) is 6.80. The summed E-state index contributed by atoms with van der Waals surface area (Å²) in [6, 6.07) is 15.9. The van der Waals surface area contributed by atoms with E-state index in [-0.39, 0.29) is 18.4 Å². The molecule has 0 unspecified atom stereocenters. The smallest absolute Gasteiger partial charge is 0.257 e. The first kappa shape index (κ1) is 16.2. The molecule has 0 aliphatic heterocycles. The normalized spacial score (nSPS) is 10.0. The standard InChI is InChI=1S/C20H15N3O2/c1-2-12-22-19(24)15-9-3-4-11-17(15)23-20(25)16-10-5-7-14-8-6-13-21-18(14)16/h1,3-11,13H,12H2,(H,22,24)(H,23,25). The van der Waals surface area contributed by atoms with Crippen molar-refractivity contribution in [3.63, 3.8) is 0 Å². The third-order valence-corrected chi connectivity index (χ3v) is 3.65. The molecule has 5 nitrogen and oxygen atoms in total. The summed E-state index contributed by atoms with van der Waals surface area (Å²) in [5.41, 5.74) is 1.81. The number of fused-ring (bicyclic) bond motifs is 1. The molecule has 122 valence electrons. The molecule has 0 spiro atoms. The number of hydrogen-bond acceptors (Lipinski definition) is 3. The molecule has 1 aromatic heterocycles.